The molecule has 0 heterocycles. The number of hydrogen-bond donors (Lipinski definition) is 2. The van der Waals surface area contributed by atoms with Gasteiger partial charge in [-0.3, -0.25) is 4.79 Å². The van der Waals surface area contributed by atoms with Crippen LogP contribution < -0.4 is 11.1 Å². The summed E-state index contributed by atoms with van der Waals surface area (Å²) in [4.78, 5) is 12.2. The number of hydrogen-bond acceptors (Lipinski definition) is 3. The largest absolute Gasteiger partial charge is 0.375 e. The molecular formula is C18H23ClN2O2. The molecule has 2 aromatic rings. The van der Waals surface area contributed by atoms with Crippen LogP contribution in [-0.2, 0) is 9.53 Å². The number of amides is 1. The summed E-state index contributed by atoms with van der Waals surface area (Å²) in [5, 5.41) is 2.86. The lowest BCUT2D eigenvalue weighted by molar-refractivity contribution is -0.123. The van der Waals surface area contributed by atoms with Gasteiger partial charge in [-0.1, -0.05) is 60.2 Å². The molecule has 0 aliphatic heterocycles. The number of rotatable bonds is 6. The highest BCUT2D eigenvalue weighted by Crippen LogP contribution is 2.16. The number of methoxy groups -OCH3 is 1. The van der Waals surface area contributed by atoms with Crippen molar-refractivity contribution in [3.63, 3.8) is 0 Å². The molecule has 124 valence electrons. The van der Waals surface area contributed by atoms with Crippen LogP contribution in [0.1, 0.15) is 28.8 Å². The molecule has 4 nitrogen and oxygen atoms in total. The van der Waals surface area contributed by atoms with Gasteiger partial charge in [0.05, 0.1) is 6.10 Å². The van der Waals surface area contributed by atoms with E-state index < -0.39 is 6.04 Å². The Morgan fingerprint density at radius 3 is 2.26 bits per heavy atom. The summed E-state index contributed by atoms with van der Waals surface area (Å²) >= 11 is 0. The van der Waals surface area contributed by atoms with E-state index in [2.05, 4.69) is 5.32 Å². The Hall–Kier alpha value is -1.88. The average Bonchev–Trinajstić information content (AvgIpc) is 2.56. The smallest absolute Gasteiger partial charge is 0.241 e. The van der Waals surface area contributed by atoms with Crippen molar-refractivity contribution in [3.05, 3.63) is 71.3 Å². The zero-order valence-corrected chi connectivity index (χ0v) is 14.2. The molecule has 0 spiro atoms. The molecule has 2 unspecified atom stereocenters. The maximum atomic E-state index is 12.2. The van der Waals surface area contributed by atoms with Gasteiger partial charge in [-0.05, 0) is 18.1 Å². The predicted molar refractivity (Wildman–Crippen MR) is 94.6 cm³/mol. The molecule has 0 fully saturated rings. The Kier molecular flexibility index (Phi) is 7.75. The van der Waals surface area contributed by atoms with E-state index >= 15 is 0 Å². The first kappa shape index (κ1) is 19.2. The number of ether oxygens (including phenoxy) is 1. The third-order valence-electron chi connectivity index (χ3n) is 3.64. The highest BCUT2D eigenvalue weighted by atomic mass is 35.5. The lowest BCUT2D eigenvalue weighted by Gasteiger charge is -2.18. The minimum Gasteiger partial charge on any atom is -0.375 e. The predicted octanol–water partition coefficient (Wildman–Crippen LogP) is 2.92. The van der Waals surface area contributed by atoms with Crippen molar-refractivity contribution in [2.24, 2.45) is 5.73 Å². The van der Waals surface area contributed by atoms with Crippen LogP contribution in [0.25, 0.3) is 0 Å². The molecular weight excluding hydrogens is 312 g/mol. The zero-order chi connectivity index (χ0) is 15.9. The van der Waals surface area contributed by atoms with E-state index in [-0.39, 0.29) is 24.4 Å². The average molecular weight is 335 g/mol. The Labute approximate surface area is 143 Å². The van der Waals surface area contributed by atoms with Crippen molar-refractivity contribution in [2.45, 2.75) is 19.1 Å². The molecule has 0 saturated carbocycles. The first-order chi connectivity index (χ1) is 10.6. The number of carbonyl (C=O) groups is 1. The van der Waals surface area contributed by atoms with E-state index in [0.29, 0.717) is 6.54 Å². The van der Waals surface area contributed by atoms with Crippen LogP contribution >= 0.6 is 12.4 Å². The number of nitrogens with one attached hydrogen (secondary N) is 1. The highest BCUT2D eigenvalue weighted by molar-refractivity contribution is 5.85. The maximum absolute atomic E-state index is 12.2. The van der Waals surface area contributed by atoms with Gasteiger partial charge in [0.2, 0.25) is 5.91 Å². The van der Waals surface area contributed by atoms with Gasteiger partial charge in [0.15, 0.2) is 0 Å². The van der Waals surface area contributed by atoms with Gasteiger partial charge in [0, 0.05) is 13.7 Å². The molecule has 0 radical (unpaired) electrons. The molecule has 0 aliphatic rings. The summed E-state index contributed by atoms with van der Waals surface area (Å²) in [6, 6.07) is 16.8. The van der Waals surface area contributed by atoms with Gasteiger partial charge in [0.1, 0.15) is 6.04 Å². The summed E-state index contributed by atoms with van der Waals surface area (Å²) in [6.45, 7) is 2.39. The normalized spacial score (nSPS) is 12.8. The van der Waals surface area contributed by atoms with Crippen LogP contribution in [0.4, 0.5) is 0 Å². The molecule has 5 heteroatoms. The molecule has 2 aromatic carbocycles. The highest BCUT2D eigenvalue weighted by Gasteiger charge is 2.17. The maximum Gasteiger partial charge on any atom is 0.241 e. The van der Waals surface area contributed by atoms with Crippen LogP contribution in [0.2, 0.25) is 0 Å². The van der Waals surface area contributed by atoms with Gasteiger partial charge in [-0.2, -0.15) is 0 Å². The van der Waals surface area contributed by atoms with Crippen molar-refractivity contribution in [1.82, 2.24) is 5.32 Å². The minimum absolute atomic E-state index is 0. The van der Waals surface area contributed by atoms with Crippen LogP contribution in [0.3, 0.4) is 0 Å². The van der Waals surface area contributed by atoms with Crippen LogP contribution in [0.15, 0.2) is 54.6 Å². The van der Waals surface area contributed by atoms with E-state index in [1.54, 1.807) is 7.11 Å². The van der Waals surface area contributed by atoms with Crippen molar-refractivity contribution in [2.75, 3.05) is 13.7 Å². The van der Waals surface area contributed by atoms with Crippen molar-refractivity contribution in [1.29, 1.82) is 0 Å². The lowest BCUT2D eigenvalue weighted by atomic mass is 10.0. The molecule has 0 saturated heterocycles. The first-order valence-corrected chi connectivity index (χ1v) is 7.29. The SMILES string of the molecule is COC(CNC(=O)C(N)c1ccc(C)cc1)c1ccccc1.Cl. The molecule has 23 heavy (non-hydrogen) atoms. The molecule has 0 aliphatic carbocycles. The van der Waals surface area contributed by atoms with Crippen LogP contribution in [-0.4, -0.2) is 19.6 Å². The number of halogens is 1. The first-order valence-electron chi connectivity index (χ1n) is 7.29. The molecule has 1 amide bonds. The Morgan fingerprint density at radius 2 is 1.70 bits per heavy atom. The number of carbonyl (C=O) groups excluding carboxylic acids is 1. The summed E-state index contributed by atoms with van der Waals surface area (Å²) in [7, 11) is 1.63. The second kappa shape index (κ2) is 9.30. The quantitative estimate of drug-likeness (QED) is 0.853. The number of benzene rings is 2. The van der Waals surface area contributed by atoms with Crippen LogP contribution in [0.5, 0.6) is 0 Å². The molecule has 2 atom stereocenters. The van der Waals surface area contributed by atoms with E-state index in [4.69, 9.17) is 10.5 Å². The van der Waals surface area contributed by atoms with E-state index in [0.717, 1.165) is 16.7 Å². The van der Waals surface area contributed by atoms with E-state index in [9.17, 15) is 4.79 Å². The minimum atomic E-state index is -0.672. The van der Waals surface area contributed by atoms with Gasteiger partial charge >= 0.3 is 0 Å². The molecule has 0 bridgehead atoms. The summed E-state index contributed by atoms with van der Waals surface area (Å²) in [5.41, 5.74) is 8.97. The summed E-state index contributed by atoms with van der Waals surface area (Å²) in [6.07, 6.45) is -0.185. The fourth-order valence-electron chi connectivity index (χ4n) is 2.23. The lowest BCUT2D eigenvalue weighted by Crippen LogP contribution is -2.36. The van der Waals surface area contributed by atoms with Crippen molar-refractivity contribution < 1.29 is 9.53 Å². The van der Waals surface area contributed by atoms with Gasteiger partial charge < -0.3 is 15.8 Å². The van der Waals surface area contributed by atoms with Gasteiger partial charge in [0.25, 0.3) is 0 Å². The molecule has 2 rings (SSSR count). The Balaban J connectivity index is 0.00000264. The van der Waals surface area contributed by atoms with Crippen molar-refractivity contribution in [3.8, 4) is 0 Å². The third kappa shape index (κ3) is 5.36. The van der Waals surface area contributed by atoms with E-state index in [1.165, 1.54) is 0 Å². The van der Waals surface area contributed by atoms with Gasteiger partial charge in [-0.25, -0.2) is 0 Å². The second-order valence-electron chi connectivity index (χ2n) is 5.27. The fraction of sp³-hybridized carbons (Fsp3) is 0.278. The molecule has 3 N–H and O–H groups in total. The number of nitrogens with two attached hydrogens (primary N) is 1. The van der Waals surface area contributed by atoms with Gasteiger partial charge in [-0.15, -0.1) is 12.4 Å². The Bertz CT molecular complexity index is 602. The standard InChI is InChI=1S/C18H22N2O2.ClH/c1-13-8-10-15(11-9-13)17(19)18(21)20-12-16(22-2)14-6-4-3-5-7-14;/h3-11,16-17H,12,19H2,1-2H3,(H,20,21);1H. The topological polar surface area (TPSA) is 64.3 Å². The fourth-order valence-corrected chi connectivity index (χ4v) is 2.23. The third-order valence-corrected chi connectivity index (χ3v) is 3.64. The van der Waals surface area contributed by atoms with Crippen molar-refractivity contribution >= 4 is 18.3 Å². The Morgan fingerprint density at radius 1 is 1.09 bits per heavy atom. The summed E-state index contributed by atoms with van der Waals surface area (Å²) < 4.78 is 5.43. The second-order valence-corrected chi connectivity index (χ2v) is 5.27. The zero-order valence-electron chi connectivity index (χ0n) is 13.4. The summed E-state index contributed by atoms with van der Waals surface area (Å²) in [5.74, 6) is -0.207. The number of aryl methyl sites for hydroxylation is 1. The monoisotopic (exact) mass is 334 g/mol. The molecule has 0 aromatic heterocycles. The van der Waals surface area contributed by atoms with Crippen LogP contribution in [0, 0.1) is 6.92 Å². The van der Waals surface area contributed by atoms with E-state index in [1.807, 2.05) is 61.5 Å².